The Morgan fingerprint density at radius 3 is 2.71 bits per heavy atom. The molecule has 0 saturated carbocycles. The second-order valence-electron chi connectivity index (χ2n) is 10.4. The minimum absolute atomic E-state index is 0.0622. The summed E-state index contributed by atoms with van der Waals surface area (Å²) in [6.07, 6.45) is 1.93. The summed E-state index contributed by atoms with van der Waals surface area (Å²) in [6, 6.07) is 19.4. The van der Waals surface area contributed by atoms with Crippen molar-refractivity contribution in [2.24, 2.45) is 0 Å². The van der Waals surface area contributed by atoms with Crippen LogP contribution in [0.5, 0.6) is 5.75 Å². The summed E-state index contributed by atoms with van der Waals surface area (Å²) >= 11 is 0. The lowest BCUT2D eigenvalue weighted by Crippen LogP contribution is -2.46. The molecule has 7 rings (SSSR count). The molecule has 212 valence electrons. The number of para-hydroxylation sites is 1. The summed E-state index contributed by atoms with van der Waals surface area (Å²) in [4.78, 5) is 43.2. The zero-order valence-corrected chi connectivity index (χ0v) is 23.1. The second-order valence-corrected chi connectivity index (χ2v) is 10.4. The smallest absolute Gasteiger partial charge is 0.346 e. The predicted octanol–water partition coefficient (Wildman–Crippen LogP) is 3.88. The summed E-state index contributed by atoms with van der Waals surface area (Å²) in [5.41, 5.74) is 3.60. The van der Waals surface area contributed by atoms with Crippen molar-refractivity contribution >= 4 is 16.9 Å². The van der Waals surface area contributed by atoms with Crippen LogP contribution in [0.25, 0.3) is 22.3 Å². The number of ether oxygens (including phenoxy) is 2. The molecular formula is C31H27N5O6. The SMILES string of the molecule is CC[C@@]1(OOCc2cn(Cc3ccc(OC)cc3)nn2)C(=O)OCc2c1cc1n(c2=O)Cc2cc3ccccc3nc2-1. The van der Waals surface area contributed by atoms with Crippen LogP contribution in [-0.4, -0.2) is 37.6 Å². The molecular weight excluding hydrogens is 538 g/mol. The quantitative estimate of drug-likeness (QED) is 0.154. The van der Waals surface area contributed by atoms with Crippen molar-refractivity contribution in [2.45, 2.75) is 45.2 Å². The van der Waals surface area contributed by atoms with Gasteiger partial charge in [-0.25, -0.2) is 24.2 Å². The normalized spacial score (nSPS) is 17.0. The van der Waals surface area contributed by atoms with Crippen LogP contribution in [0.15, 0.2) is 71.7 Å². The third-order valence-electron chi connectivity index (χ3n) is 7.88. The minimum atomic E-state index is -1.62. The molecule has 0 fully saturated rings. The lowest BCUT2D eigenvalue weighted by Gasteiger charge is -2.34. The highest BCUT2D eigenvalue weighted by Crippen LogP contribution is 2.41. The van der Waals surface area contributed by atoms with Gasteiger partial charge in [-0.15, -0.1) is 5.10 Å². The van der Waals surface area contributed by atoms with Gasteiger partial charge in [-0.05, 0) is 42.3 Å². The van der Waals surface area contributed by atoms with Gasteiger partial charge in [-0.2, -0.15) is 0 Å². The standard InChI is InChI=1S/C31H27N5O6/c1-3-31(42-41-17-22-16-35(34-33-22)14-19-8-10-23(39-2)11-9-19)25-13-27-28-21(12-20-6-4-5-7-26(20)32-28)15-36(27)29(37)24(25)18-40-30(31)38/h4-13,16H,3,14-15,17-18H2,1-2H3/t31-/m0/s1. The molecule has 0 bridgehead atoms. The van der Waals surface area contributed by atoms with Gasteiger partial charge in [0.05, 0.1) is 48.9 Å². The van der Waals surface area contributed by atoms with E-state index in [0.717, 1.165) is 27.8 Å². The monoisotopic (exact) mass is 565 g/mol. The number of benzene rings is 2. The number of fused-ring (bicyclic) bond motifs is 5. The average Bonchev–Trinajstić information content (AvgIpc) is 3.61. The van der Waals surface area contributed by atoms with Crippen LogP contribution in [0, 0.1) is 0 Å². The molecule has 5 aromatic rings. The molecule has 2 aliphatic rings. The second kappa shape index (κ2) is 10.2. The lowest BCUT2D eigenvalue weighted by molar-refractivity contribution is -0.371. The van der Waals surface area contributed by atoms with Crippen LogP contribution < -0.4 is 10.3 Å². The van der Waals surface area contributed by atoms with Gasteiger partial charge in [-0.1, -0.05) is 42.5 Å². The molecule has 11 heteroatoms. The fraction of sp³-hybridized carbons (Fsp3) is 0.258. The first-order valence-electron chi connectivity index (χ1n) is 13.6. The molecule has 1 atom stereocenters. The molecule has 0 aliphatic carbocycles. The molecule has 0 saturated heterocycles. The zero-order valence-electron chi connectivity index (χ0n) is 23.1. The summed E-state index contributed by atoms with van der Waals surface area (Å²) in [5.74, 6) is 0.160. The van der Waals surface area contributed by atoms with Crippen molar-refractivity contribution in [1.82, 2.24) is 24.5 Å². The van der Waals surface area contributed by atoms with Crippen LogP contribution in [-0.2, 0) is 51.2 Å². The molecule has 42 heavy (non-hydrogen) atoms. The highest BCUT2D eigenvalue weighted by Gasteiger charge is 2.49. The van der Waals surface area contributed by atoms with Gasteiger partial charge in [0.1, 0.15) is 24.7 Å². The number of pyridine rings is 2. The molecule has 5 heterocycles. The summed E-state index contributed by atoms with van der Waals surface area (Å²) in [7, 11) is 1.62. The molecule has 0 radical (unpaired) electrons. The first kappa shape index (κ1) is 26.1. The molecule has 2 aliphatic heterocycles. The van der Waals surface area contributed by atoms with Gasteiger partial charge in [0.15, 0.2) is 0 Å². The van der Waals surface area contributed by atoms with E-state index in [4.69, 9.17) is 24.2 Å². The predicted molar refractivity (Wildman–Crippen MR) is 150 cm³/mol. The van der Waals surface area contributed by atoms with Gasteiger partial charge in [0, 0.05) is 16.5 Å². The van der Waals surface area contributed by atoms with E-state index in [1.54, 1.807) is 29.5 Å². The Bertz CT molecular complexity index is 1900. The van der Waals surface area contributed by atoms with E-state index in [9.17, 15) is 9.59 Å². The van der Waals surface area contributed by atoms with Crippen molar-refractivity contribution in [3.8, 4) is 17.1 Å². The molecule has 3 aromatic heterocycles. The van der Waals surface area contributed by atoms with Gasteiger partial charge >= 0.3 is 5.97 Å². The number of aromatic nitrogens is 5. The van der Waals surface area contributed by atoms with Crippen molar-refractivity contribution in [1.29, 1.82) is 0 Å². The number of rotatable bonds is 8. The van der Waals surface area contributed by atoms with Gasteiger partial charge in [-0.3, -0.25) is 4.79 Å². The third-order valence-corrected chi connectivity index (χ3v) is 7.88. The number of methoxy groups -OCH3 is 1. The number of hydrogen-bond donors (Lipinski definition) is 0. The van der Waals surface area contributed by atoms with Crippen molar-refractivity contribution in [2.75, 3.05) is 7.11 Å². The molecule has 0 spiro atoms. The van der Waals surface area contributed by atoms with E-state index < -0.39 is 11.6 Å². The Kier molecular flexibility index (Phi) is 6.33. The minimum Gasteiger partial charge on any atom is -0.497 e. The maximum atomic E-state index is 13.7. The fourth-order valence-corrected chi connectivity index (χ4v) is 5.64. The highest BCUT2D eigenvalue weighted by atomic mass is 17.2. The Hall–Kier alpha value is -4.87. The molecule has 0 unspecified atom stereocenters. The summed E-state index contributed by atoms with van der Waals surface area (Å²) in [5, 5.41) is 9.32. The summed E-state index contributed by atoms with van der Waals surface area (Å²) < 4.78 is 14.0. The zero-order chi connectivity index (χ0) is 28.8. The lowest BCUT2D eigenvalue weighted by atomic mass is 9.86. The largest absolute Gasteiger partial charge is 0.497 e. The average molecular weight is 566 g/mol. The van der Waals surface area contributed by atoms with E-state index in [1.165, 1.54) is 0 Å². The molecule has 11 nitrogen and oxygen atoms in total. The first-order chi connectivity index (χ1) is 20.5. The number of hydrogen-bond acceptors (Lipinski definition) is 9. The van der Waals surface area contributed by atoms with Crippen molar-refractivity contribution in [3.05, 3.63) is 105 Å². The van der Waals surface area contributed by atoms with E-state index in [1.807, 2.05) is 54.6 Å². The van der Waals surface area contributed by atoms with E-state index in [2.05, 4.69) is 16.4 Å². The Morgan fingerprint density at radius 2 is 1.90 bits per heavy atom. The van der Waals surface area contributed by atoms with Crippen LogP contribution in [0.2, 0.25) is 0 Å². The van der Waals surface area contributed by atoms with Crippen LogP contribution >= 0.6 is 0 Å². The Balaban J connectivity index is 1.15. The highest BCUT2D eigenvalue weighted by molar-refractivity contribution is 5.86. The number of carbonyl (C=O) groups excluding carboxylic acids is 1. The number of nitrogens with zero attached hydrogens (tertiary/aromatic N) is 5. The molecule has 0 amide bonds. The maximum Gasteiger partial charge on any atom is 0.346 e. The molecule has 0 N–H and O–H groups in total. The fourth-order valence-electron chi connectivity index (χ4n) is 5.64. The topological polar surface area (TPSA) is 120 Å². The van der Waals surface area contributed by atoms with Crippen LogP contribution in [0.4, 0.5) is 0 Å². The summed E-state index contributed by atoms with van der Waals surface area (Å²) in [6.45, 7) is 2.49. The molecule has 2 aromatic carbocycles. The van der Waals surface area contributed by atoms with Gasteiger partial charge in [0.2, 0.25) is 5.60 Å². The number of esters is 1. The van der Waals surface area contributed by atoms with Gasteiger partial charge in [0.25, 0.3) is 5.56 Å². The Labute approximate surface area is 240 Å². The van der Waals surface area contributed by atoms with E-state index in [0.29, 0.717) is 41.3 Å². The van der Waals surface area contributed by atoms with E-state index in [-0.39, 0.29) is 25.2 Å². The van der Waals surface area contributed by atoms with Gasteiger partial charge < -0.3 is 14.0 Å². The van der Waals surface area contributed by atoms with Crippen LogP contribution in [0.3, 0.4) is 0 Å². The van der Waals surface area contributed by atoms with Crippen molar-refractivity contribution in [3.63, 3.8) is 0 Å². The number of cyclic esters (lactones) is 1. The van der Waals surface area contributed by atoms with E-state index >= 15 is 0 Å². The Morgan fingerprint density at radius 1 is 1.07 bits per heavy atom. The van der Waals surface area contributed by atoms with Crippen LogP contribution in [0.1, 0.15) is 41.3 Å². The third kappa shape index (κ3) is 4.25. The maximum absolute atomic E-state index is 13.7. The first-order valence-corrected chi connectivity index (χ1v) is 13.6. The van der Waals surface area contributed by atoms with Crippen molar-refractivity contribution < 1.29 is 24.0 Å². The number of carbonyl (C=O) groups is 1.